The standard InChI is InChI=1S/C14H27N3O/c1-11(2)16(4)9-10-17-12(3)15-14(13(17)18)7-5-6-8-14/h11-12,15H,5-10H2,1-4H3. The lowest BCUT2D eigenvalue weighted by Crippen LogP contribution is -2.45. The second-order valence-electron chi connectivity index (χ2n) is 6.18. The third-order valence-electron chi connectivity index (χ3n) is 4.66. The van der Waals surface area contributed by atoms with E-state index in [1.807, 2.05) is 4.90 Å². The predicted octanol–water partition coefficient (Wildman–Crippen LogP) is 1.42. The van der Waals surface area contributed by atoms with Crippen LogP contribution in [0.2, 0.25) is 0 Å². The zero-order chi connectivity index (χ0) is 13.3. The number of hydrogen-bond acceptors (Lipinski definition) is 3. The molecule has 4 heteroatoms. The highest BCUT2D eigenvalue weighted by Crippen LogP contribution is 2.36. The lowest BCUT2D eigenvalue weighted by Gasteiger charge is -2.27. The second kappa shape index (κ2) is 5.17. The Kier molecular flexibility index (Phi) is 3.97. The molecule has 0 aromatic heterocycles. The Morgan fingerprint density at radius 1 is 1.44 bits per heavy atom. The van der Waals surface area contributed by atoms with Crippen molar-refractivity contribution >= 4 is 5.91 Å². The highest BCUT2D eigenvalue weighted by molar-refractivity contribution is 5.89. The van der Waals surface area contributed by atoms with Gasteiger partial charge in [0.1, 0.15) is 0 Å². The van der Waals surface area contributed by atoms with Crippen LogP contribution in [0.1, 0.15) is 46.5 Å². The van der Waals surface area contributed by atoms with Gasteiger partial charge in [0.15, 0.2) is 0 Å². The van der Waals surface area contributed by atoms with Gasteiger partial charge in [0.25, 0.3) is 0 Å². The summed E-state index contributed by atoms with van der Waals surface area (Å²) in [7, 11) is 2.12. The average Bonchev–Trinajstić information content (AvgIpc) is 2.85. The molecule has 0 aromatic rings. The van der Waals surface area contributed by atoms with E-state index in [-0.39, 0.29) is 11.7 Å². The van der Waals surface area contributed by atoms with Crippen LogP contribution in [-0.4, -0.2) is 53.6 Å². The summed E-state index contributed by atoms with van der Waals surface area (Å²) in [6.45, 7) is 8.27. The summed E-state index contributed by atoms with van der Waals surface area (Å²) in [5.41, 5.74) is -0.212. The number of likely N-dealkylation sites (N-methyl/N-ethyl adjacent to an activating group) is 1. The molecule has 1 atom stereocenters. The fourth-order valence-electron chi connectivity index (χ4n) is 3.15. The van der Waals surface area contributed by atoms with Crippen LogP contribution in [0.3, 0.4) is 0 Å². The number of amides is 1. The van der Waals surface area contributed by atoms with Crippen LogP contribution in [0, 0.1) is 0 Å². The molecule has 0 bridgehead atoms. The first-order valence-corrected chi connectivity index (χ1v) is 7.25. The molecule has 18 heavy (non-hydrogen) atoms. The molecule has 2 rings (SSSR count). The number of carbonyl (C=O) groups excluding carboxylic acids is 1. The normalized spacial score (nSPS) is 27.1. The molecule has 2 aliphatic rings. The number of nitrogens with zero attached hydrogens (tertiary/aromatic N) is 2. The van der Waals surface area contributed by atoms with E-state index in [9.17, 15) is 4.79 Å². The molecule has 1 spiro atoms. The Bertz CT molecular complexity index is 310. The summed E-state index contributed by atoms with van der Waals surface area (Å²) in [6, 6.07) is 0.534. The van der Waals surface area contributed by atoms with Gasteiger partial charge in [-0.05, 0) is 40.7 Å². The highest BCUT2D eigenvalue weighted by Gasteiger charge is 2.50. The van der Waals surface area contributed by atoms with Crippen LogP contribution in [0.5, 0.6) is 0 Å². The fourth-order valence-corrected chi connectivity index (χ4v) is 3.15. The maximum absolute atomic E-state index is 12.6. The lowest BCUT2D eigenvalue weighted by molar-refractivity contribution is -0.133. The van der Waals surface area contributed by atoms with Crippen molar-refractivity contribution in [3.05, 3.63) is 0 Å². The molecule has 2 fully saturated rings. The highest BCUT2D eigenvalue weighted by atomic mass is 16.2. The monoisotopic (exact) mass is 253 g/mol. The van der Waals surface area contributed by atoms with Crippen molar-refractivity contribution in [2.75, 3.05) is 20.1 Å². The number of carbonyl (C=O) groups is 1. The Hall–Kier alpha value is -0.610. The van der Waals surface area contributed by atoms with Crippen LogP contribution in [0.15, 0.2) is 0 Å². The summed E-state index contributed by atoms with van der Waals surface area (Å²) in [4.78, 5) is 16.9. The van der Waals surface area contributed by atoms with Gasteiger partial charge in [-0.1, -0.05) is 12.8 Å². The molecule has 1 saturated carbocycles. The van der Waals surface area contributed by atoms with Gasteiger partial charge in [-0.2, -0.15) is 0 Å². The van der Waals surface area contributed by atoms with E-state index < -0.39 is 0 Å². The Balaban J connectivity index is 1.95. The van der Waals surface area contributed by atoms with Crippen molar-refractivity contribution < 1.29 is 4.79 Å². The number of nitrogens with one attached hydrogen (secondary N) is 1. The zero-order valence-corrected chi connectivity index (χ0v) is 12.2. The first-order valence-electron chi connectivity index (χ1n) is 7.25. The SMILES string of the molecule is CC(C)N(C)CCN1C(=O)C2(CCCC2)NC1C. The maximum atomic E-state index is 12.6. The smallest absolute Gasteiger partial charge is 0.244 e. The summed E-state index contributed by atoms with van der Waals surface area (Å²) < 4.78 is 0. The third-order valence-corrected chi connectivity index (χ3v) is 4.66. The van der Waals surface area contributed by atoms with Crippen LogP contribution in [0.25, 0.3) is 0 Å². The molecule has 0 aromatic carbocycles. The first-order chi connectivity index (χ1) is 8.46. The minimum absolute atomic E-state index is 0.191. The minimum Gasteiger partial charge on any atom is -0.325 e. The minimum atomic E-state index is -0.212. The fraction of sp³-hybridized carbons (Fsp3) is 0.929. The van der Waals surface area contributed by atoms with Crippen molar-refractivity contribution in [1.82, 2.24) is 15.1 Å². The molecule has 104 valence electrons. The van der Waals surface area contributed by atoms with Gasteiger partial charge in [-0.25, -0.2) is 0 Å². The van der Waals surface area contributed by atoms with E-state index in [2.05, 4.69) is 38.0 Å². The molecular weight excluding hydrogens is 226 g/mol. The average molecular weight is 253 g/mol. The quantitative estimate of drug-likeness (QED) is 0.823. The van der Waals surface area contributed by atoms with Crippen molar-refractivity contribution in [2.24, 2.45) is 0 Å². The summed E-state index contributed by atoms with van der Waals surface area (Å²) >= 11 is 0. The van der Waals surface area contributed by atoms with E-state index in [0.29, 0.717) is 11.9 Å². The van der Waals surface area contributed by atoms with Gasteiger partial charge in [0, 0.05) is 19.1 Å². The van der Waals surface area contributed by atoms with Gasteiger partial charge in [0.2, 0.25) is 5.91 Å². The van der Waals surface area contributed by atoms with Crippen molar-refractivity contribution in [1.29, 1.82) is 0 Å². The molecule has 1 heterocycles. The Morgan fingerprint density at radius 2 is 2.06 bits per heavy atom. The van der Waals surface area contributed by atoms with E-state index in [1.54, 1.807) is 0 Å². The largest absolute Gasteiger partial charge is 0.325 e. The molecule has 1 aliphatic carbocycles. The van der Waals surface area contributed by atoms with Gasteiger partial charge in [0.05, 0.1) is 11.7 Å². The molecule has 1 saturated heterocycles. The van der Waals surface area contributed by atoms with E-state index in [1.165, 1.54) is 12.8 Å². The number of rotatable bonds is 4. The summed E-state index contributed by atoms with van der Waals surface area (Å²) in [5.74, 6) is 0.338. The molecule has 4 nitrogen and oxygen atoms in total. The summed E-state index contributed by atoms with van der Waals surface area (Å²) in [6.07, 6.45) is 4.60. The van der Waals surface area contributed by atoms with Crippen LogP contribution >= 0.6 is 0 Å². The zero-order valence-electron chi connectivity index (χ0n) is 12.2. The molecule has 1 aliphatic heterocycles. The topological polar surface area (TPSA) is 35.6 Å². The molecule has 0 radical (unpaired) electrons. The van der Waals surface area contributed by atoms with Crippen LogP contribution in [0.4, 0.5) is 0 Å². The van der Waals surface area contributed by atoms with Gasteiger partial charge in [-0.3, -0.25) is 10.1 Å². The van der Waals surface area contributed by atoms with Gasteiger partial charge in [-0.15, -0.1) is 0 Å². The Labute approximate surface area is 111 Å². The van der Waals surface area contributed by atoms with Crippen molar-refractivity contribution in [3.63, 3.8) is 0 Å². The van der Waals surface area contributed by atoms with E-state index in [4.69, 9.17) is 0 Å². The molecule has 1 unspecified atom stereocenters. The van der Waals surface area contributed by atoms with Crippen LogP contribution in [-0.2, 0) is 4.79 Å². The maximum Gasteiger partial charge on any atom is 0.244 e. The third kappa shape index (κ3) is 2.41. The van der Waals surface area contributed by atoms with Gasteiger partial charge >= 0.3 is 0 Å². The Morgan fingerprint density at radius 3 is 2.61 bits per heavy atom. The van der Waals surface area contributed by atoms with Gasteiger partial charge < -0.3 is 9.80 Å². The van der Waals surface area contributed by atoms with Crippen LogP contribution < -0.4 is 5.32 Å². The van der Waals surface area contributed by atoms with E-state index in [0.717, 1.165) is 25.9 Å². The summed E-state index contributed by atoms with van der Waals surface area (Å²) in [5, 5.41) is 3.54. The van der Waals surface area contributed by atoms with E-state index >= 15 is 0 Å². The second-order valence-corrected chi connectivity index (χ2v) is 6.18. The van der Waals surface area contributed by atoms with Crippen molar-refractivity contribution in [2.45, 2.75) is 64.2 Å². The lowest BCUT2D eigenvalue weighted by atomic mass is 9.98. The first kappa shape index (κ1) is 13.8. The number of hydrogen-bond donors (Lipinski definition) is 1. The predicted molar refractivity (Wildman–Crippen MR) is 73.3 cm³/mol. The molecule has 1 amide bonds. The molecule has 1 N–H and O–H groups in total. The van der Waals surface area contributed by atoms with Crippen molar-refractivity contribution in [3.8, 4) is 0 Å². The molecular formula is C14H27N3O.